The number of hydrogen-bond donors (Lipinski definition) is 1. The average molecular weight is 312 g/mol. The number of nitrogens with one attached hydrogen (secondary N) is 1. The number of fused-ring (bicyclic) bond motifs is 1. The van der Waals surface area contributed by atoms with E-state index in [1.165, 1.54) is 19.2 Å². The SMILES string of the molecule is CNCCN(C)C(=O)c1ccc2c(c1)C(=O)N(C)C2=O.Cl. The van der Waals surface area contributed by atoms with Crippen molar-refractivity contribution in [1.82, 2.24) is 15.1 Å². The van der Waals surface area contributed by atoms with Crippen molar-refractivity contribution in [2.24, 2.45) is 0 Å². The van der Waals surface area contributed by atoms with Gasteiger partial charge in [0, 0.05) is 32.7 Å². The summed E-state index contributed by atoms with van der Waals surface area (Å²) < 4.78 is 0. The highest BCUT2D eigenvalue weighted by Crippen LogP contribution is 2.23. The van der Waals surface area contributed by atoms with Crippen molar-refractivity contribution in [3.8, 4) is 0 Å². The summed E-state index contributed by atoms with van der Waals surface area (Å²) in [5, 5.41) is 2.97. The van der Waals surface area contributed by atoms with Crippen molar-refractivity contribution >= 4 is 30.1 Å². The Morgan fingerprint density at radius 1 is 1.24 bits per heavy atom. The molecule has 1 heterocycles. The van der Waals surface area contributed by atoms with Gasteiger partial charge in [0.2, 0.25) is 0 Å². The molecule has 0 bridgehead atoms. The number of amides is 3. The van der Waals surface area contributed by atoms with Crippen molar-refractivity contribution in [3.63, 3.8) is 0 Å². The number of likely N-dealkylation sites (N-methyl/N-ethyl adjacent to an activating group) is 2. The van der Waals surface area contributed by atoms with Crippen LogP contribution >= 0.6 is 12.4 Å². The molecule has 7 heteroatoms. The molecule has 21 heavy (non-hydrogen) atoms. The largest absolute Gasteiger partial charge is 0.340 e. The second-order valence-electron chi connectivity index (χ2n) is 4.76. The summed E-state index contributed by atoms with van der Waals surface area (Å²) in [5.74, 6) is -0.858. The molecule has 1 aliphatic rings. The van der Waals surface area contributed by atoms with Gasteiger partial charge in [-0.15, -0.1) is 12.4 Å². The van der Waals surface area contributed by atoms with Crippen molar-refractivity contribution in [1.29, 1.82) is 0 Å². The molecule has 0 saturated heterocycles. The number of carbonyl (C=O) groups excluding carboxylic acids is 3. The standard InChI is InChI=1S/C14H17N3O3.ClH/c1-15-6-7-16(2)12(18)9-4-5-10-11(8-9)14(20)17(3)13(10)19;/h4-5,8,15H,6-7H2,1-3H3;1H. The number of benzene rings is 1. The maximum absolute atomic E-state index is 12.2. The lowest BCUT2D eigenvalue weighted by Crippen LogP contribution is -2.32. The van der Waals surface area contributed by atoms with Gasteiger partial charge in [-0.1, -0.05) is 0 Å². The van der Waals surface area contributed by atoms with Crippen LogP contribution < -0.4 is 5.32 Å². The normalized spacial score (nSPS) is 13.0. The first-order valence-corrected chi connectivity index (χ1v) is 6.34. The van der Waals surface area contributed by atoms with Gasteiger partial charge >= 0.3 is 0 Å². The maximum atomic E-state index is 12.2. The quantitative estimate of drug-likeness (QED) is 0.828. The number of nitrogens with zero attached hydrogens (tertiary/aromatic N) is 2. The molecular formula is C14H18ClN3O3. The van der Waals surface area contributed by atoms with E-state index in [2.05, 4.69) is 5.32 Å². The lowest BCUT2D eigenvalue weighted by Gasteiger charge is -2.17. The minimum Gasteiger partial charge on any atom is -0.340 e. The molecule has 1 aromatic carbocycles. The Morgan fingerprint density at radius 3 is 2.48 bits per heavy atom. The number of halogens is 1. The van der Waals surface area contributed by atoms with E-state index >= 15 is 0 Å². The summed E-state index contributed by atoms with van der Waals surface area (Å²) in [4.78, 5) is 38.5. The van der Waals surface area contributed by atoms with Crippen molar-refractivity contribution in [2.75, 3.05) is 34.2 Å². The molecule has 1 N–H and O–H groups in total. The highest BCUT2D eigenvalue weighted by Gasteiger charge is 2.33. The number of rotatable bonds is 4. The van der Waals surface area contributed by atoms with Gasteiger partial charge in [-0.25, -0.2) is 0 Å². The van der Waals surface area contributed by atoms with Gasteiger partial charge < -0.3 is 10.2 Å². The van der Waals surface area contributed by atoms with E-state index in [4.69, 9.17) is 0 Å². The number of hydrogen-bond acceptors (Lipinski definition) is 4. The van der Waals surface area contributed by atoms with Crippen molar-refractivity contribution < 1.29 is 14.4 Å². The molecule has 0 aromatic heterocycles. The second kappa shape index (κ2) is 6.69. The predicted molar refractivity (Wildman–Crippen MR) is 81.0 cm³/mol. The van der Waals surface area contributed by atoms with Gasteiger partial charge in [0.05, 0.1) is 11.1 Å². The van der Waals surface area contributed by atoms with E-state index in [9.17, 15) is 14.4 Å². The lowest BCUT2D eigenvalue weighted by atomic mass is 10.0. The van der Waals surface area contributed by atoms with Crippen LogP contribution in [0.2, 0.25) is 0 Å². The molecule has 0 spiro atoms. The fraction of sp³-hybridized carbons (Fsp3) is 0.357. The third-order valence-electron chi connectivity index (χ3n) is 3.38. The molecule has 3 amide bonds. The molecular weight excluding hydrogens is 294 g/mol. The van der Waals surface area contributed by atoms with Crippen LogP contribution in [0.1, 0.15) is 31.1 Å². The van der Waals surface area contributed by atoms with E-state index in [0.29, 0.717) is 29.8 Å². The second-order valence-corrected chi connectivity index (χ2v) is 4.76. The van der Waals surface area contributed by atoms with Crippen LogP contribution in [-0.4, -0.2) is 61.8 Å². The monoisotopic (exact) mass is 311 g/mol. The van der Waals surface area contributed by atoms with Crippen LogP contribution in [-0.2, 0) is 0 Å². The van der Waals surface area contributed by atoms with E-state index in [1.807, 2.05) is 7.05 Å². The van der Waals surface area contributed by atoms with Gasteiger partial charge in [0.25, 0.3) is 17.7 Å². The topological polar surface area (TPSA) is 69.7 Å². The van der Waals surface area contributed by atoms with E-state index < -0.39 is 0 Å². The first-order chi connectivity index (χ1) is 9.47. The van der Waals surface area contributed by atoms with E-state index in [-0.39, 0.29) is 30.1 Å². The molecule has 0 atom stereocenters. The van der Waals surface area contributed by atoms with Crippen molar-refractivity contribution in [2.45, 2.75) is 0 Å². The van der Waals surface area contributed by atoms with Crippen LogP contribution in [0.3, 0.4) is 0 Å². The fourth-order valence-electron chi connectivity index (χ4n) is 2.10. The maximum Gasteiger partial charge on any atom is 0.261 e. The average Bonchev–Trinajstić information content (AvgIpc) is 2.68. The zero-order valence-corrected chi connectivity index (χ0v) is 13.0. The first-order valence-electron chi connectivity index (χ1n) is 6.34. The summed E-state index contributed by atoms with van der Waals surface area (Å²) >= 11 is 0. The molecule has 0 aliphatic carbocycles. The van der Waals surface area contributed by atoms with Crippen LogP contribution in [0.4, 0.5) is 0 Å². The molecule has 0 unspecified atom stereocenters. The van der Waals surface area contributed by atoms with E-state index in [1.54, 1.807) is 18.0 Å². The third-order valence-corrected chi connectivity index (χ3v) is 3.38. The Hall–Kier alpha value is -1.92. The molecule has 0 saturated carbocycles. The molecule has 1 aliphatic heterocycles. The molecule has 114 valence electrons. The summed E-state index contributed by atoms with van der Waals surface area (Å²) in [6.07, 6.45) is 0. The highest BCUT2D eigenvalue weighted by molar-refractivity contribution is 6.21. The molecule has 0 fully saturated rings. The highest BCUT2D eigenvalue weighted by atomic mass is 35.5. The first kappa shape index (κ1) is 17.1. The zero-order chi connectivity index (χ0) is 14.9. The van der Waals surface area contributed by atoms with Crippen LogP contribution in [0.25, 0.3) is 0 Å². The van der Waals surface area contributed by atoms with Gasteiger partial charge in [-0.05, 0) is 25.2 Å². The molecule has 2 rings (SSSR count). The number of carbonyl (C=O) groups is 3. The Morgan fingerprint density at radius 2 is 1.86 bits per heavy atom. The molecule has 0 radical (unpaired) electrons. The van der Waals surface area contributed by atoms with Gasteiger partial charge in [-0.2, -0.15) is 0 Å². The lowest BCUT2D eigenvalue weighted by molar-refractivity contribution is 0.0692. The molecule has 1 aromatic rings. The number of imide groups is 1. The van der Waals surface area contributed by atoms with Crippen molar-refractivity contribution in [3.05, 3.63) is 34.9 Å². The summed E-state index contributed by atoms with van der Waals surface area (Å²) in [6.45, 7) is 1.26. The third kappa shape index (κ3) is 3.06. The Labute approximate surface area is 129 Å². The minimum absolute atomic E-state index is 0. The fourth-order valence-corrected chi connectivity index (χ4v) is 2.10. The van der Waals surface area contributed by atoms with Gasteiger partial charge in [0.1, 0.15) is 0 Å². The Bertz CT molecular complexity index is 589. The summed E-state index contributed by atoms with van der Waals surface area (Å²) in [6, 6.07) is 4.62. The minimum atomic E-state index is -0.363. The smallest absolute Gasteiger partial charge is 0.261 e. The van der Waals surface area contributed by atoms with Gasteiger partial charge in [-0.3, -0.25) is 19.3 Å². The van der Waals surface area contributed by atoms with Gasteiger partial charge in [0.15, 0.2) is 0 Å². The Balaban J connectivity index is 0.00000220. The zero-order valence-electron chi connectivity index (χ0n) is 12.2. The Kier molecular flexibility index (Phi) is 5.46. The van der Waals surface area contributed by atoms with E-state index in [0.717, 1.165) is 4.90 Å². The van der Waals surface area contributed by atoms with Crippen LogP contribution in [0.5, 0.6) is 0 Å². The van der Waals surface area contributed by atoms with Crippen LogP contribution in [0.15, 0.2) is 18.2 Å². The summed E-state index contributed by atoms with van der Waals surface area (Å²) in [5.41, 5.74) is 1.07. The van der Waals surface area contributed by atoms with Crippen LogP contribution in [0, 0.1) is 0 Å². The summed E-state index contributed by atoms with van der Waals surface area (Å²) in [7, 11) is 4.95. The predicted octanol–water partition coefficient (Wildman–Crippen LogP) is 0.626. The molecule has 6 nitrogen and oxygen atoms in total.